The lowest BCUT2D eigenvalue weighted by Crippen LogP contribution is -2.39. The van der Waals surface area contributed by atoms with Crippen LogP contribution in [0, 0.1) is 0 Å². The summed E-state index contributed by atoms with van der Waals surface area (Å²) in [5, 5.41) is 6.02. The molecule has 2 unspecified atom stereocenters. The van der Waals surface area contributed by atoms with Crippen LogP contribution in [0.1, 0.15) is 42.2 Å². The molecule has 1 aliphatic heterocycles. The average Bonchev–Trinajstić information content (AvgIpc) is 2.80. The number of hydrogen-bond acceptors (Lipinski definition) is 3. The highest BCUT2D eigenvalue weighted by molar-refractivity contribution is 7.10. The van der Waals surface area contributed by atoms with Crippen molar-refractivity contribution in [2.45, 2.75) is 44.2 Å². The number of fused-ring (bicyclic) bond motifs is 1. The first-order valence-electron chi connectivity index (χ1n) is 6.33. The Balaban J connectivity index is 1.67. The zero-order valence-electron chi connectivity index (χ0n) is 9.58. The van der Waals surface area contributed by atoms with Crippen molar-refractivity contribution < 1.29 is 4.74 Å². The number of hydrogen-bond donors (Lipinski definition) is 1. The van der Waals surface area contributed by atoms with Crippen LogP contribution in [0.25, 0.3) is 0 Å². The van der Waals surface area contributed by atoms with E-state index in [-0.39, 0.29) is 0 Å². The SMILES string of the molecule is c1cc2c(s1)CCCC2NC1CCCOC1. The van der Waals surface area contributed by atoms with Crippen molar-refractivity contribution in [3.05, 3.63) is 21.9 Å². The number of aryl methyl sites for hydroxylation is 1. The fourth-order valence-electron chi connectivity index (χ4n) is 2.82. The normalized spacial score (nSPS) is 30.0. The van der Waals surface area contributed by atoms with E-state index >= 15 is 0 Å². The molecule has 1 aliphatic carbocycles. The Morgan fingerprint density at radius 1 is 1.31 bits per heavy atom. The molecule has 0 aromatic carbocycles. The average molecular weight is 237 g/mol. The lowest BCUT2D eigenvalue weighted by Gasteiger charge is -2.31. The van der Waals surface area contributed by atoms with E-state index in [9.17, 15) is 0 Å². The second-order valence-electron chi connectivity index (χ2n) is 4.82. The van der Waals surface area contributed by atoms with Crippen LogP contribution in [0.3, 0.4) is 0 Å². The highest BCUT2D eigenvalue weighted by Gasteiger charge is 2.24. The van der Waals surface area contributed by atoms with Crippen molar-refractivity contribution in [3.63, 3.8) is 0 Å². The largest absolute Gasteiger partial charge is 0.380 e. The molecule has 2 nitrogen and oxygen atoms in total. The Kier molecular flexibility index (Phi) is 3.27. The third-order valence-electron chi connectivity index (χ3n) is 3.65. The monoisotopic (exact) mass is 237 g/mol. The minimum absolute atomic E-state index is 0.574. The van der Waals surface area contributed by atoms with Crippen molar-refractivity contribution in [3.8, 4) is 0 Å². The molecule has 0 spiro atoms. The minimum atomic E-state index is 0.574. The maximum Gasteiger partial charge on any atom is 0.0619 e. The van der Waals surface area contributed by atoms with Crippen LogP contribution in [-0.2, 0) is 11.2 Å². The smallest absolute Gasteiger partial charge is 0.0619 e. The van der Waals surface area contributed by atoms with Gasteiger partial charge in [0, 0.05) is 23.6 Å². The summed E-state index contributed by atoms with van der Waals surface area (Å²) in [7, 11) is 0. The van der Waals surface area contributed by atoms with Gasteiger partial charge in [-0.2, -0.15) is 0 Å². The van der Waals surface area contributed by atoms with Gasteiger partial charge < -0.3 is 10.1 Å². The molecule has 0 amide bonds. The van der Waals surface area contributed by atoms with Crippen molar-refractivity contribution in [1.29, 1.82) is 0 Å². The Bertz CT molecular complexity index is 343. The Labute approximate surface area is 101 Å². The zero-order chi connectivity index (χ0) is 10.8. The molecule has 3 heteroatoms. The summed E-state index contributed by atoms with van der Waals surface area (Å²) < 4.78 is 5.53. The molecule has 1 aromatic heterocycles. The van der Waals surface area contributed by atoms with Crippen molar-refractivity contribution in [2.75, 3.05) is 13.2 Å². The Morgan fingerprint density at radius 2 is 2.31 bits per heavy atom. The second kappa shape index (κ2) is 4.86. The first kappa shape index (κ1) is 10.8. The Hall–Kier alpha value is -0.380. The molecule has 2 heterocycles. The fraction of sp³-hybridized carbons (Fsp3) is 0.692. The summed E-state index contributed by atoms with van der Waals surface area (Å²) in [5.41, 5.74) is 1.56. The summed E-state index contributed by atoms with van der Waals surface area (Å²) in [6, 6.07) is 3.46. The molecule has 16 heavy (non-hydrogen) atoms. The first-order chi connectivity index (χ1) is 7.93. The quantitative estimate of drug-likeness (QED) is 0.854. The van der Waals surface area contributed by atoms with Gasteiger partial charge in [0.25, 0.3) is 0 Å². The molecule has 0 bridgehead atoms. The number of thiophene rings is 1. The molecule has 1 aromatic rings. The highest BCUT2D eigenvalue weighted by atomic mass is 32.1. The van der Waals surface area contributed by atoms with E-state index in [2.05, 4.69) is 16.8 Å². The third-order valence-corrected chi connectivity index (χ3v) is 4.65. The van der Waals surface area contributed by atoms with Crippen LogP contribution in [-0.4, -0.2) is 19.3 Å². The van der Waals surface area contributed by atoms with E-state index in [1.54, 1.807) is 10.4 Å². The zero-order valence-corrected chi connectivity index (χ0v) is 10.4. The molecule has 2 atom stereocenters. The summed E-state index contributed by atoms with van der Waals surface area (Å²) in [6.45, 7) is 1.85. The van der Waals surface area contributed by atoms with Crippen LogP contribution in [0.5, 0.6) is 0 Å². The Morgan fingerprint density at radius 3 is 3.19 bits per heavy atom. The maximum absolute atomic E-state index is 5.53. The van der Waals surface area contributed by atoms with Gasteiger partial charge in [0.2, 0.25) is 0 Å². The van der Waals surface area contributed by atoms with E-state index in [0.29, 0.717) is 12.1 Å². The van der Waals surface area contributed by atoms with Crippen molar-refractivity contribution >= 4 is 11.3 Å². The molecule has 1 N–H and O–H groups in total. The van der Waals surface area contributed by atoms with E-state index < -0.39 is 0 Å². The van der Waals surface area contributed by atoms with Gasteiger partial charge in [0.05, 0.1) is 6.61 Å². The molecule has 2 aliphatic rings. The van der Waals surface area contributed by atoms with E-state index in [1.165, 1.54) is 32.1 Å². The lowest BCUT2D eigenvalue weighted by atomic mass is 9.93. The predicted octanol–water partition coefficient (Wildman–Crippen LogP) is 2.89. The lowest BCUT2D eigenvalue weighted by molar-refractivity contribution is 0.0654. The van der Waals surface area contributed by atoms with Gasteiger partial charge in [-0.15, -0.1) is 11.3 Å². The van der Waals surface area contributed by atoms with Crippen LogP contribution < -0.4 is 5.32 Å². The summed E-state index contributed by atoms with van der Waals surface area (Å²) in [5.74, 6) is 0. The molecule has 1 saturated heterocycles. The van der Waals surface area contributed by atoms with E-state index in [1.807, 2.05) is 11.3 Å². The van der Waals surface area contributed by atoms with Crippen molar-refractivity contribution in [2.24, 2.45) is 0 Å². The summed E-state index contributed by atoms with van der Waals surface area (Å²) in [6.07, 6.45) is 6.39. The molecule has 0 saturated carbocycles. The molecule has 1 fully saturated rings. The second-order valence-corrected chi connectivity index (χ2v) is 5.83. The molecule has 88 valence electrons. The van der Waals surface area contributed by atoms with E-state index in [0.717, 1.165) is 13.2 Å². The highest BCUT2D eigenvalue weighted by Crippen LogP contribution is 2.33. The maximum atomic E-state index is 5.53. The fourth-order valence-corrected chi connectivity index (χ4v) is 3.80. The standard InChI is InChI=1S/C13H19NOS/c1-4-12(11-6-8-16-13(11)5-1)14-10-3-2-7-15-9-10/h6,8,10,12,14H,1-5,7,9H2. The molecule has 3 rings (SSSR count). The number of nitrogens with one attached hydrogen (secondary N) is 1. The number of ether oxygens (including phenoxy) is 1. The third kappa shape index (κ3) is 2.17. The summed E-state index contributed by atoms with van der Waals surface area (Å²) >= 11 is 1.92. The van der Waals surface area contributed by atoms with Gasteiger partial charge >= 0.3 is 0 Å². The van der Waals surface area contributed by atoms with Gasteiger partial charge in [0.1, 0.15) is 0 Å². The van der Waals surface area contributed by atoms with Gasteiger partial charge in [-0.25, -0.2) is 0 Å². The van der Waals surface area contributed by atoms with Crippen LogP contribution in [0.2, 0.25) is 0 Å². The van der Waals surface area contributed by atoms with Gasteiger partial charge in [0.15, 0.2) is 0 Å². The molecule has 0 radical (unpaired) electrons. The molecular weight excluding hydrogens is 218 g/mol. The van der Waals surface area contributed by atoms with Gasteiger partial charge in [-0.3, -0.25) is 0 Å². The van der Waals surface area contributed by atoms with Crippen LogP contribution in [0.15, 0.2) is 11.4 Å². The van der Waals surface area contributed by atoms with Crippen molar-refractivity contribution in [1.82, 2.24) is 5.32 Å². The predicted molar refractivity (Wildman–Crippen MR) is 67.0 cm³/mol. The minimum Gasteiger partial charge on any atom is -0.380 e. The summed E-state index contributed by atoms with van der Waals surface area (Å²) in [4.78, 5) is 1.60. The number of rotatable bonds is 2. The van der Waals surface area contributed by atoms with Gasteiger partial charge in [-0.05, 0) is 49.1 Å². The first-order valence-corrected chi connectivity index (χ1v) is 7.21. The topological polar surface area (TPSA) is 21.3 Å². The van der Waals surface area contributed by atoms with E-state index in [4.69, 9.17) is 4.74 Å². The van der Waals surface area contributed by atoms with Gasteiger partial charge in [-0.1, -0.05) is 0 Å². The van der Waals surface area contributed by atoms with Crippen LogP contribution in [0.4, 0.5) is 0 Å². The molecular formula is C13H19NOS. The van der Waals surface area contributed by atoms with Crippen LogP contribution >= 0.6 is 11.3 Å².